The van der Waals surface area contributed by atoms with Gasteiger partial charge in [-0.05, 0) is 60.2 Å². The molecule has 1 saturated heterocycles. The van der Waals surface area contributed by atoms with Crippen LogP contribution in [0.5, 0.6) is 0 Å². The zero-order valence-electron chi connectivity index (χ0n) is 13.4. The third-order valence-electron chi connectivity index (χ3n) is 3.76. The summed E-state index contributed by atoms with van der Waals surface area (Å²) in [6.45, 7) is 1.94. The monoisotopic (exact) mass is 346 g/mol. The summed E-state index contributed by atoms with van der Waals surface area (Å²) in [6.07, 6.45) is 5.32. The summed E-state index contributed by atoms with van der Waals surface area (Å²) in [4.78, 5) is 25.8. The third-order valence-corrected chi connectivity index (χ3v) is 4.67. The van der Waals surface area contributed by atoms with E-state index >= 15 is 0 Å². The van der Waals surface area contributed by atoms with Gasteiger partial charge in [0.2, 0.25) is 0 Å². The Bertz CT molecular complexity index is 1040. The maximum absolute atomic E-state index is 12.2. The average Bonchev–Trinajstić information content (AvgIpc) is 2.96. The summed E-state index contributed by atoms with van der Waals surface area (Å²) in [5.41, 5.74) is 2.85. The first-order chi connectivity index (χ1) is 12.2. The number of benzene rings is 1. The molecule has 1 aliphatic rings. The summed E-state index contributed by atoms with van der Waals surface area (Å²) in [5, 5.41) is 4.37. The van der Waals surface area contributed by atoms with Crippen molar-refractivity contribution in [1.29, 1.82) is 0 Å². The first kappa shape index (κ1) is 15.5. The van der Waals surface area contributed by atoms with E-state index in [0.717, 1.165) is 22.0 Å². The predicted molar refractivity (Wildman–Crippen MR) is 102 cm³/mol. The SMILES string of the molecule is Cc1cccnc1/N=C1\NC(=O)/C(=C\c2ccc3ncccc3c2)S1. The van der Waals surface area contributed by atoms with Crippen molar-refractivity contribution >= 4 is 45.6 Å². The van der Waals surface area contributed by atoms with Gasteiger partial charge in [-0.2, -0.15) is 0 Å². The van der Waals surface area contributed by atoms with Crippen LogP contribution in [0.15, 0.2) is 64.8 Å². The molecular formula is C19H14N4OS. The Hall–Kier alpha value is -2.99. The Labute approximate surface area is 148 Å². The number of hydrogen-bond acceptors (Lipinski definition) is 5. The molecule has 0 saturated carbocycles. The standard InChI is InChI=1S/C19H14N4OS/c1-12-4-2-9-21-17(12)22-19-23-18(24)16(25-19)11-13-6-7-15-14(10-13)5-3-8-20-15/h2-11H,1H3,(H,21,22,23,24)/b16-11+. The number of pyridine rings is 2. The molecule has 0 radical (unpaired) electrons. The van der Waals surface area contributed by atoms with Crippen molar-refractivity contribution in [1.82, 2.24) is 15.3 Å². The van der Waals surface area contributed by atoms with E-state index in [1.54, 1.807) is 12.4 Å². The number of thioether (sulfide) groups is 1. The second-order valence-electron chi connectivity index (χ2n) is 5.58. The van der Waals surface area contributed by atoms with Gasteiger partial charge in [0.15, 0.2) is 11.0 Å². The van der Waals surface area contributed by atoms with E-state index in [1.807, 2.05) is 55.5 Å². The predicted octanol–water partition coefficient (Wildman–Crippen LogP) is 3.83. The van der Waals surface area contributed by atoms with Crippen LogP contribution in [0.1, 0.15) is 11.1 Å². The Morgan fingerprint density at radius 1 is 1.12 bits per heavy atom. The highest BCUT2D eigenvalue weighted by molar-refractivity contribution is 8.18. The number of fused-ring (bicyclic) bond motifs is 1. The molecule has 2 aromatic heterocycles. The number of rotatable bonds is 2. The molecule has 1 aliphatic heterocycles. The maximum atomic E-state index is 12.2. The van der Waals surface area contributed by atoms with E-state index in [9.17, 15) is 4.79 Å². The van der Waals surface area contributed by atoms with Gasteiger partial charge in [-0.1, -0.05) is 18.2 Å². The van der Waals surface area contributed by atoms with Crippen molar-refractivity contribution in [3.05, 3.63) is 70.9 Å². The number of hydrogen-bond donors (Lipinski definition) is 1. The van der Waals surface area contributed by atoms with Gasteiger partial charge in [0.1, 0.15) is 0 Å². The average molecular weight is 346 g/mol. The van der Waals surface area contributed by atoms with Crippen LogP contribution in [0.2, 0.25) is 0 Å². The molecule has 0 aliphatic carbocycles. The normalized spacial score (nSPS) is 17.4. The largest absolute Gasteiger partial charge is 0.300 e. The van der Waals surface area contributed by atoms with Gasteiger partial charge in [-0.25, -0.2) is 9.98 Å². The van der Waals surface area contributed by atoms with Crippen molar-refractivity contribution in [2.24, 2.45) is 4.99 Å². The maximum Gasteiger partial charge on any atom is 0.264 e. The first-order valence-electron chi connectivity index (χ1n) is 7.75. The molecule has 4 rings (SSSR count). The summed E-state index contributed by atoms with van der Waals surface area (Å²) >= 11 is 1.32. The van der Waals surface area contributed by atoms with Crippen LogP contribution in [0.3, 0.4) is 0 Å². The Morgan fingerprint density at radius 2 is 1.96 bits per heavy atom. The van der Waals surface area contributed by atoms with Gasteiger partial charge < -0.3 is 5.32 Å². The van der Waals surface area contributed by atoms with E-state index in [1.165, 1.54) is 11.8 Å². The minimum atomic E-state index is -0.149. The lowest BCUT2D eigenvalue weighted by atomic mass is 10.1. The van der Waals surface area contributed by atoms with Gasteiger partial charge in [0, 0.05) is 17.8 Å². The highest BCUT2D eigenvalue weighted by atomic mass is 32.2. The molecule has 1 aromatic carbocycles. The fourth-order valence-electron chi connectivity index (χ4n) is 2.51. The van der Waals surface area contributed by atoms with E-state index in [4.69, 9.17) is 0 Å². The van der Waals surface area contributed by atoms with Gasteiger partial charge in [0.05, 0.1) is 10.4 Å². The first-order valence-corrected chi connectivity index (χ1v) is 8.57. The van der Waals surface area contributed by atoms with Gasteiger partial charge in [-0.15, -0.1) is 0 Å². The van der Waals surface area contributed by atoms with Crippen molar-refractivity contribution in [2.45, 2.75) is 6.92 Å². The zero-order valence-corrected chi connectivity index (χ0v) is 14.2. The van der Waals surface area contributed by atoms with Crippen molar-refractivity contribution in [3.8, 4) is 0 Å². The number of aromatic nitrogens is 2. The van der Waals surface area contributed by atoms with E-state index in [0.29, 0.717) is 15.9 Å². The Balaban J connectivity index is 1.63. The fourth-order valence-corrected chi connectivity index (χ4v) is 3.33. The van der Waals surface area contributed by atoms with Crippen LogP contribution in [0, 0.1) is 6.92 Å². The van der Waals surface area contributed by atoms with Gasteiger partial charge >= 0.3 is 0 Å². The molecule has 0 bridgehead atoms. The molecule has 1 N–H and O–H groups in total. The van der Waals surface area contributed by atoms with Crippen LogP contribution >= 0.6 is 11.8 Å². The van der Waals surface area contributed by atoms with Crippen molar-refractivity contribution < 1.29 is 4.79 Å². The second kappa shape index (κ2) is 6.49. The number of aliphatic imine (C=N–C) groups is 1. The van der Waals surface area contributed by atoms with Crippen LogP contribution in [0.4, 0.5) is 5.82 Å². The molecule has 0 atom stereocenters. The fraction of sp³-hybridized carbons (Fsp3) is 0.0526. The minimum Gasteiger partial charge on any atom is -0.300 e. The minimum absolute atomic E-state index is 0.149. The van der Waals surface area contributed by atoms with Gasteiger partial charge in [-0.3, -0.25) is 9.78 Å². The number of nitrogens with one attached hydrogen (secondary N) is 1. The quantitative estimate of drug-likeness (QED) is 0.716. The molecule has 122 valence electrons. The smallest absolute Gasteiger partial charge is 0.264 e. The lowest BCUT2D eigenvalue weighted by molar-refractivity contribution is -0.115. The number of amides is 1. The number of carbonyl (C=O) groups is 1. The van der Waals surface area contributed by atoms with E-state index in [2.05, 4.69) is 20.3 Å². The number of nitrogens with zero attached hydrogens (tertiary/aromatic N) is 3. The molecule has 5 nitrogen and oxygen atoms in total. The second-order valence-corrected chi connectivity index (χ2v) is 6.61. The number of amidine groups is 1. The highest BCUT2D eigenvalue weighted by Gasteiger charge is 2.24. The Morgan fingerprint density at radius 3 is 2.84 bits per heavy atom. The number of carbonyl (C=O) groups excluding carboxylic acids is 1. The molecular weight excluding hydrogens is 332 g/mol. The van der Waals surface area contributed by atoms with Crippen LogP contribution < -0.4 is 5.32 Å². The molecule has 1 amide bonds. The van der Waals surface area contributed by atoms with Crippen molar-refractivity contribution in [2.75, 3.05) is 0 Å². The molecule has 25 heavy (non-hydrogen) atoms. The summed E-state index contributed by atoms with van der Waals surface area (Å²) in [6, 6.07) is 13.6. The van der Waals surface area contributed by atoms with Crippen molar-refractivity contribution in [3.63, 3.8) is 0 Å². The van der Waals surface area contributed by atoms with Crippen LogP contribution in [0.25, 0.3) is 17.0 Å². The van der Waals surface area contributed by atoms with E-state index < -0.39 is 0 Å². The molecule has 1 fully saturated rings. The molecule has 3 heterocycles. The molecule has 0 spiro atoms. The number of aryl methyl sites for hydroxylation is 1. The lowest BCUT2D eigenvalue weighted by Crippen LogP contribution is -2.19. The van der Waals surface area contributed by atoms with E-state index in [-0.39, 0.29) is 5.91 Å². The topological polar surface area (TPSA) is 67.2 Å². The molecule has 3 aromatic rings. The van der Waals surface area contributed by atoms with Gasteiger partial charge in [0.25, 0.3) is 5.91 Å². The molecule has 0 unspecified atom stereocenters. The summed E-state index contributed by atoms with van der Waals surface area (Å²) in [5.74, 6) is 0.465. The Kier molecular flexibility index (Phi) is 4.03. The van der Waals surface area contributed by atoms with Crippen LogP contribution in [-0.4, -0.2) is 21.0 Å². The third kappa shape index (κ3) is 3.29. The molecule has 6 heteroatoms. The highest BCUT2D eigenvalue weighted by Crippen LogP contribution is 2.28. The zero-order chi connectivity index (χ0) is 17.2. The summed E-state index contributed by atoms with van der Waals surface area (Å²) < 4.78 is 0. The van der Waals surface area contributed by atoms with Crippen LogP contribution in [-0.2, 0) is 4.79 Å². The summed E-state index contributed by atoms with van der Waals surface area (Å²) in [7, 11) is 0. The lowest BCUT2D eigenvalue weighted by Gasteiger charge is -1.99.